The number of nitrogens with one attached hydrogen (secondary N) is 2. The number of methoxy groups -OCH3 is 1. The molecule has 7 nitrogen and oxygen atoms in total. The van der Waals surface area contributed by atoms with Gasteiger partial charge in [0, 0.05) is 11.8 Å². The van der Waals surface area contributed by atoms with E-state index in [9.17, 15) is 14.9 Å². The zero-order valence-electron chi connectivity index (χ0n) is 14.6. The summed E-state index contributed by atoms with van der Waals surface area (Å²) in [5.74, 6) is -0.0328. The molecule has 0 unspecified atom stereocenters. The molecule has 0 aliphatic rings. The Morgan fingerprint density at radius 2 is 1.88 bits per heavy atom. The number of nitro benzene ring substituents is 1. The van der Waals surface area contributed by atoms with Crippen molar-refractivity contribution < 1.29 is 14.5 Å². The molecule has 0 aromatic heterocycles. The molecule has 0 fully saturated rings. The smallest absolute Gasteiger partial charge is 0.273 e. The van der Waals surface area contributed by atoms with Crippen LogP contribution in [0.1, 0.15) is 18.1 Å². The Kier molecular flexibility index (Phi) is 5.59. The van der Waals surface area contributed by atoms with Gasteiger partial charge < -0.3 is 15.4 Å². The van der Waals surface area contributed by atoms with Crippen LogP contribution in [0, 0.1) is 24.0 Å². The van der Waals surface area contributed by atoms with Gasteiger partial charge in [-0.1, -0.05) is 12.1 Å². The third-order valence-electron chi connectivity index (χ3n) is 3.81. The van der Waals surface area contributed by atoms with E-state index >= 15 is 0 Å². The van der Waals surface area contributed by atoms with E-state index in [1.165, 1.54) is 25.3 Å². The SMILES string of the molecule is COc1cc([N+](=O)[O-])ccc1NC(=O)[C@@H](C)Nc1cc(C)ccc1C. The number of nitro groups is 1. The summed E-state index contributed by atoms with van der Waals surface area (Å²) in [6.45, 7) is 5.69. The van der Waals surface area contributed by atoms with E-state index in [0.29, 0.717) is 5.69 Å². The topological polar surface area (TPSA) is 93.5 Å². The maximum atomic E-state index is 12.4. The van der Waals surface area contributed by atoms with Gasteiger partial charge in [-0.15, -0.1) is 0 Å². The van der Waals surface area contributed by atoms with Crippen LogP contribution in [0.4, 0.5) is 17.1 Å². The number of nitrogens with zero attached hydrogens (tertiary/aromatic N) is 1. The quantitative estimate of drug-likeness (QED) is 0.617. The fourth-order valence-corrected chi connectivity index (χ4v) is 2.33. The molecule has 2 aromatic rings. The molecule has 0 aliphatic heterocycles. The van der Waals surface area contributed by atoms with Gasteiger partial charge in [0.05, 0.1) is 23.8 Å². The number of non-ortho nitro benzene ring substituents is 1. The minimum atomic E-state index is -0.515. The van der Waals surface area contributed by atoms with Crippen LogP contribution >= 0.6 is 0 Å². The molecule has 2 rings (SSSR count). The van der Waals surface area contributed by atoms with Crippen molar-refractivity contribution >= 4 is 23.0 Å². The highest BCUT2D eigenvalue weighted by Crippen LogP contribution is 2.29. The maximum Gasteiger partial charge on any atom is 0.273 e. The Hall–Kier alpha value is -3.09. The third kappa shape index (κ3) is 4.47. The van der Waals surface area contributed by atoms with Crippen LogP contribution in [-0.4, -0.2) is 24.0 Å². The van der Waals surface area contributed by atoms with Crippen molar-refractivity contribution in [2.75, 3.05) is 17.7 Å². The lowest BCUT2D eigenvalue weighted by Gasteiger charge is -2.18. The number of rotatable bonds is 6. The second-order valence-electron chi connectivity index (χ2n) is 5.82. The van der Waals surface area contributed by atoms with Gasteiger partial charge in [-0.05, 0) is 44.0 Å². The fraction of sp³-hybridized carbons (Fsp3) is 0.278. The zero-order valence-corrected chi connectivity index (χ0v) is 14.6. The minimum absolute atomic E-state index is 0.101. The van der Waals surface area contributed by atoms with Crippen molar-refractivity contribution in [2.24, 2.45) is 0 Å². The molecule has 0 radical (unpaired) electrons. The van der Waals surface area contributed by atoms with Crippen LogP contribution in [0.25, 0.3) is 0 Å². The molecule has 0 saturated carbocycles. The average molecular weight is 343 g/mol. The molecule has 0 bridgehead atoms. The van der Waals surface area contributed by atoms with Crippen LogP contribution in [0.5, 0.6) is 5.75 Å². The summed E-state index contributed by atoms with van der Waals surface area (Å²) in [5, 5.41) is 16.7. The van der Waals surface area contributed by atoms with Crippen molar-refractivity contribution in [1.29, 1.82) is 0 Å². The average Bonchev–Trinajstić information content (AvgIpc) is 2.58. The molecule has 0 aliphatic carbocycles. The molecule has 1 amide bonds. The number of anilines is 2. The predicted molar refractivity (Wildman–Crippen MR) is 97.3 cm³/mol. The third-order valence-corrected chi connectivity index (χ3v) is 3.81. The van der Waals surface area contributed by atoms with Gasteiger partial charge >= 0.3 is 0 Å². The highest BCUT2D eigenvalue weighted by Gasteiger charge is 2.17. The van der Waals surface area contributed by atoms with Crippen molar-refractivity contribution in [3.05, 3.63) is 57.6 Å². The normalized spacial score (nSPS) is 11.5. The highest BCUT2D eigenvalue weighted by atomic mass is 16.6. The molecule has 25 heavy (non-hydrogen) atoms. The molecular weight excluding hydrogens is 322 g/mol. The monoisotopic (exact) mass is 343 g/mol. The second-order valence-corrected chi connectivity index (χ2v) is 5.82. The largest absolute Gasteiger partial charge is 0.494 e. The van der Waals surface area contributed by atoms with E-state index in [4.69, 9.17) is 4.74 Å². The van der Waals surface area contributed by atoms with Gasteiger partial charge in [-0.3, -0.25) is 14.9 Å². The molecule has 0 saturated heterocycles. The Morgan fingerprint density at radius 3 is 2.52 bits per heavy atom. The van der Waals surface area contributed by atoms with Crippen LogP contribution in [0.2, 0.25) is 0 Å². The van der Waals surface area contributed by atoms with Crippen LogP contribution in [0.15, 0.2) is 36.4 Å². The van der Waals surface area contributed by atoms with E-state index in [1.807, 2.05) is 32.0 Å². The van der Waals surface area contributed by atoms with Gasteiger partial charge in [0.1, 0.15) is 11.8 Å². The number of ether oxygens (including phenoxy) is 1. The van der Waals surface area contributed by atoms with Crippen LogP contribution in [0.3, 0.4) is 0 Å². The van der Waals surface area contributed by atoms with Crippen LogP contribution in [-0.2, 0) is 4.79 Å². The summed E-state index contributed by atoms with van der Waals surface area (Å²) in [7, 11) is 1.40. The lowest BCUT2D eigenvalue weighted by atomic mass is 10.1. The van der Waals surface area contributed by atoms with E-state index in [1.54, 1.807) is 6.92 Å². The number of hydrogen-bond donors (Lipinski definition) is 2. The fourth-order valence-electron chi connectivity index (χ4n) is 2.33. The van der Waals surface area contributed by atoms with Crippen molar-refractivity contribution in [1.82, 2.24) is 0 Å². The first-order valence-electron chi connectivity index (χ1n) is 7.79. The summed E-state index contributed by atoms with van der Waals surface area (Å²) in [6.07, 6.45) is 0. The summed E-state index contributed by atoms with van der Waals surface area (Å²) >= 11 is 0. The molecular formula is C18H21N3O4. The predicted octanol–water partition coefficient (Wildman–Crippen LogP) is 3.66. The number of carbonyl (C=O) groups excluding carboxylic acids is 1. The summed E-state index contributed by atoms with van der Waals surface area (Å²) < 4.78 is 5.13. The highest BCUT2D eigenvalue weighted by molar-refractivity contribution is 5.97. The Bertz CT molecular complexity index is 805. The lowest BCUT2D eigenvalue weighted by molar-refractivity contribution is -0.384. The Balaban J connectivity index is 2.13. The number of benzene rings is 2. The maximum absolute atomic E-state index is 12.4. The number of hydrogen-bond acceptors (Lipinski definition) is 5. The van der Waals surface area contributed by atoms with Crippen LogP contribution < -0.4 is 15.4 Å². The van der Waals surface area contributed by atoms with E-state index < -0.39 is 11.0 Å². The van der Waals surface area contributed by atoms with Gasteiger partial charge in [-0.25, -0.2) is 0 Å². The standard InChI is InChI=1S/C18H21N3O4/c1-11-5-6-12(2)16(9-11)19-13(3)18(22)20-15-8-7-14(21(23)24)10-17(15)25-4/h5-10,13,19H,1-4H3,(H,20,22)/t13-/m1/s1. The van der Waals surface area contributed by atoms with Gasteiger partial charge in [0.25, 0.3) is 5.69 Å². The van der Waals surface area contributed by atoms with Gasteiger partial charge in [-0.2, -0.15) is 0 Å². The zero-order chi connectivity index (χ0) is 18.6. The van der Waals surface area contributed by atoms with Gasteiger partial charge in [0.2, 0.25) is 5.91 Å². The minimum Gasteiger partial charge on any atom is -0.494 e. The van der Waals surface area contributed by atoms with Crippen molar-refractivity contribution in [3.63, 3.8) is 0 Å². The summed E-state index contributed by atoms with van der Waals surface area (Å²) in [4.78, 5) is 22.7. The summed E-state index contributed by atoms with van der Waals surface area (Å²) in [6, 6.07) is 9.53. The lowest BCUT2D eigenvalue weighted by Crippen LogP contribution is -2.32. The molecule has 1 atom stereocenters. The number of aryl methyl sites for hydroxylation is 2. The molecule has 2 aromatic carbocycles. The Morgan fingerprint density at radius 1 is 1.16 bits per heavy atom. The molecule has 132 valence electrons. The first kappa shape index (κ1) is 18.3. The van der Waals surface area contributed by atoms with E-state index in [-0.39, 0.29) is 17.3 Å². The first-order chi connectivity index (χ1) is 11.8. The Labute approximate surface area is 146 Å². The van der Waals surface area contributed by atoms with Crippen molar-refractivity contribution in [2.45, 2.75) is 26.8 Å². The second kappa shape index (κ2) is 7.65. The van der Waals surface area contributed by atoms with Crippen molar-refractivity contribution in [3.8, 4) is 5.75 Å². The number of carbonyl (C=O) groups is 1. The number of amides is 1. The van der Waals surface area contributed by atoms with E-state index in [2.05, 4.69) is 10.6 Å². The molecule has 0 spiro atoms. The first-order valence-corrected chi connectivity index (χ1v) is 7.79. The molecule has 0 heterocycles. The summed E-state index contributed by atoms with van der Waals surface area (Å²) in [5.41, 5.74) is 3.30. The van der Waals surface area contributed by atoms with Gasteiger partial charge in [0.15, 0.2) is 0 Å². The van der Waals surface area contributed by atoms with E-state index in [0.717, 1.165) is 16.8 Å². The molecule has 7 heteroatoms. The molecule has 2 N–H and O–H groups in total.